The Kier molecular flexibility index (Phi) is 7.47. The molecule has 5 nitrogen and oxygen atoms in total. The average molecular weight is 280 g/mol. The molecule has 1 rings (SSSR count). The Morgan fingerprint density at radius 1 is 1.25 bits per heavy atom. The van der Waals surface area contributed by atoms with E-state index >= 15 is 0 Å². The molecule has 0 aromatic rings. The van der Waals surface area contributed by atoms with Crippen molar-refractivity contribution in [3.8, 4) is 0 Å². The first-order chi connectivity index (χ1) is 9.63. The van der Waals surface area contributed by atoms with Gasteiger partial charge in [0.1, 0.15) is 0 Å². The lowest BCUT2D eigenvalue weighted by molar-refractivity contribution is -0.137. The first kappa shape index (κ1) is 16.3. The van der Waals surface area contributed by atoms with Crippen LogP contribution in [0.4, 0.5) is 0 Å². The summed E-state index contributed by atoms with van der Waals surface area (Å²) in [6.45, 7) is 5.42. The van der Waals surface area contributed by atoms with Crippen molar-refractivity contribution in [1.82, 2.24) is 9.80 Å². The molecule has 0 fully saturated rings. The second-order valence-corrected chi connectivity index (χ2v) is 4.74. The van der Waals surface area contributed by atoms with E-state index in [0.717, 1.165) is 32.2 Å². The van der Waals surface area contributed by atoms with Gasteiger partial charge in [0, 0.05) is 31.9 Å². The van der Waals surface area contributed by atoms with E-state index in [4.69, 9.17) is 4.74 Å². The zero-order chi connectivity index (χ0) is 14.8. The Bertz CT molecular complexity index is 377. The van der Waals surface area contributed by atoms with Crippen molar-refractivity contribution < 1.29 is 14.3 Å². The minimum atomic E-state index is -0.265. The summed E-state index contributed by atoms with van der Waals surface area (Å²) < 4.78 is 4.79. The second kappa shape index (κ2) is 9.18. The molecular formula is C15H24N2O3. The smallest absolute Gasteiger partial charge is 0.330 e. The maximum absolute atomic E-state index is 11.1. The summed E-state index contributed by atoms with van der Waals surface area (Å²) in [5.41, 5.74) is 0. The van der Waals surface area contributed by atoms with Crippen molar-refractivity contribution in [1.29, 1.82) is 0 Å². The maximum Gasteiger partial charge on any atom is 0.330 e. The first-order valence-corrected chi connectivity index (χ1v) is 7.16. The molecule has 0 aromatic heterocycles. The molecule has 20 heavy (non-hydrogen) atoms. The summed E-state index contributed by atoms with van der Waals surface area (Å²) in [6.07, 6.45) is 11.3. The number of hydrogen-bond donors (Lipinski definition) is 0. The quantitative estimate of drug-likeness (QED) is 0.389. The van der Waals surface area contributed by atoms with Crippen molar-refractivity contribution in [3.05, 3.63) is 24.6 Å². The van der Waals surface area contributed by atoms with Gasteiger partial charge in [-0.1, -0.05) is 12.5 Å². The van der Waals surface area contributed by atoms with Crippen LogP contribution in [0.25, 0.3) is 0 Å². The van der Waals surface area contributed by atoms with Crippen LogP contribution in [0.5, 0.6) is 0 Å². The Hall–Kier alpha value is -1.78. The van der Waals surface area contributed by atoms with E-state index in [2.05, 4.69) is 4.90 Å². The largest absolute Gasteiger partial charge is 0.463 e. The minimum Gasteiger partial charge on any atom is -0.463 e. The fourth-order valence-corrected chi connectivity index (χ4v) is 1.94. The number of rotatable bonds is 8. The van der Waals surface area contributed by atoms with Gasteiger partial charge in [-0.05, 0) is 26.2 Å². The van der Waals surface area contributed by atoms with Crippen LogP contribution in [-0.2, 0) is 14.3 Å². The van der Waals surface area contributed by atoms with Gasteiger partial charge < -0.3 is 9.64 Å². The lowest BCUT2D eigenvalue weighted by Gasteiger charge is -2.18. The minimum absolute atomic E-state index is 0.0767. The van der Waals surface area contributed by atoms with Crippen molar-refractivity contribution in [2.24, 2.45) is 0 Å². The molecule has 0 bridgehead atoms. The third-order valence-corrected chi connectivity index (χ3v) is 3.05. The van der Waals surface area contributed by atoms with E-state index in [1.54, 1.807) is 18.7 Å². The van der Waals surface area contributed by atoms with Gasteiger partial charge in [0.25, 0.3) is 0 Å². The Balaban J connectivity index is 1.99. The van der Waals surface area contributed by atoms with Crippen molar-refractivity contribution in [2.75, 3.05) is 19.8 Å². The summed E-state index contributed by atoms with van der Waals surface area (Å²) >= 11 is 0. The SMILES string of the molecule is CCOC(=O)/C=C/CCCCCN1C=CN(C(C)=O)C1. The number of nitrogens with zero attached hydrogens (tertiary/aromatic N) is 2. The fourth-order valence-electron chi connectivity index (χ4n) is 1.94. The molecule has 1 heterocycles. The van der Waals surface area contributed by atoms with Gasteiger partial charge in [-0.25, -0.2) is 4.79 Å². The fraction of sp³-hybridized carbons (Fsp3) is 0.600. The maximum atomic E-state index is 11.1. The zero-order valence-corrected chi connectivity index (χ0v) is 12.4. The van der Waals surface area contributed by atoms with E-state index in [9.17, 15) is 9.59 Å². The molecule has 0 atom stereocenters. The van der Waals surface area contributed by atoms with Gasteiger partial charge in [0.2, 0.25) is 5.91 Å². The molecule has 112 valence electrons. The molecule has 1 amide bonds. The average Bonchev–Trinajstić information content (AvgIpc) is 2.87. The highest BCUT2D eigenvalue weighted by atomic mass is 16.5. The van der Waals surface area contributed by atoms with E-state index < -0.39 is 0 Å². The Morgan fingerprint density at radius 2 is 2.05 bits per heavy atom. The number of esters is 1. The third-order valence-electron chi connectivity index (χ3n) is 3.05. The molecule has 1 aliphatic rings. The highest BCUT2D eigenvalue weighted by Crippen LogP contribution is 2.09. The van der Waals surface area contributed by atoms with Crippen LogP contribution in [0.2, 0.25) is 0 Å². The lowest BCUT2D eigenvalue weighted by Crippen LogP contribution is -2.29. The number of amides is 1. The highest BCUT2D eigenvalue weighted by molar-refractivity contribution is 5.81. The lowest BCUT2D eigenvalue weighted by atomic mass is 10.2. The summed E-state index contributed by atoms with van der Waals surface area (Å²) in [6, 6.07) is 0. The van der Waals surface area contributed by atoms with Gasteiger partial charge in [-0.15, -0.1) is 0 Å². The molecule has 0 spiro atoms. The van der Waals surface area contributed by atoms with Crippen LogP contribution in [0.1, 0.15) is 39.5 Å². The number of ether oxygens (including phenoxy) is 1. The van der Waals surface area contributed by atoms with Crippen LogP contribution in [0.3, 0.4) is 0 Å². The van der Waals surface area contributed by atoms with E-state index in [1.807, 2.05) is 18.5 Å². The Labute approximate surface area is 120 Å². The molecule has 0 aromatic carbocycles. The van der Waals surface area contributed by atoms with Gasteiger partial charge in [0.15, 0.2) is 0 Å². The Morgan fingerprint density at radius 3 is 2.70 bits per heavy atom. The predicted molar refractivity (Wildman–Crippen MR) is 77.5 cm³/mol. The molecule has 0 unspecified atom stereocenters. The van der Waals surface area contributed by atoms with Crippen LogP contribution < -0.4 is 0 Å². The van der Waals surface area contributed by atoms with Crippen LogP contribution in [0, 0.1) is 0 Å². The van der Waals surface area contributed by atoms with Gasteiger partial charge in [0.05, 0.1) is 13.3 Å². The second-order valence-electron chi connectivity index (χ2n) is 4.74. The summed E-state index contributed by atoms with van der Waals surface area (Å²) in [5, 5.41) is 0. The molecule has 0 saturated heterocycles. The highest BCUT2D eigenvalue weighted by Gasteiger charge is 2.14. The van der Waals surface area contributed by atoms with E-state index in [1.165, 1.54) is 6.08 Å². The first-order valence-electron chi connectivity index (χ1n) is 7.16. The third kappa shape index (κ3) is 6.41. The summed E-state index contributed by atoms with van der Waals surface area (Å²) in [4.78, 5) is 26.0. The molecular weight excluding hydrogens is 256 g/mol. The molecule has 0 N–H and O–H groups in total. The van der Waals surface area contributed by atoms with Crippen LogP contribution in [0.15, 0.2) is 24.6 Å². The molecule has 1 aliphatic heterocycles. The number of carbonyl (C=O) groups is 2. The zero-order valence-electron chi connectivity index (χ0n) is 12.4. The number of unbranched alkanes of at least 4 members (excludes halogenated alkanes) is 3. The molecule has 0 radical (unpaired) electrons. The standard InChI is InChI=1S/C15H24N2O3/c1-3-20-15(19)9-7-5-4-6-8-10-16-11-12-17(13-16)14(2)18/h7,9,11-12H,3-6,8,10,13H2,1-2H3/b9-7+. The van der Waals surface area contributed by atoms with Crippen LogP contribution in [-0.4, -0.2) is 41.5 Å². The number of allylic oxidation sites excluding steroid dienone is 1. The summed E-state index contributed by atoms with van der Waals surface area (Å²) in [7, 11) is 0. The van der Waals surface area contributed by atoms with Crippen molar-refractivity contribution >= 4 is 11.9 Å². The number of carbonyl (C=O) groups excluding carboxylic acids is 2. The normalized spacial score (nSPS) is 14.3. The molecule has 5 heteroatoms. The molecule has 0 aliphatic carbocycles. The predicted octanol–water partition coefficient (Wildman–Crippen LogP) is 2.26. The van der Waals surface area contributed by atoms with Crippen molar-refractivity contribution in [2.45, 2.75) is 39.5 Å². The van der Waals surface area contributed by atoms with Crippen LogP contribution >= 0.6 is 0 Å². The number of hydrogen-bond acceptors (Lipinski definition) is 4. The summed E-state index contributed by atoms with van der Waals surface area (Å²) in [5.74, 6) is -0.188. The van der Waals surface area contributed by atoms with E-state index in [-0.39, 0.29) is 11.9 Å². The topological polar surface area (TPSA) is 49.9 Å². The monoisotopic (exact) mass is 280 g/mol. The van der Waals surface area contributed by atoms with Crippen molar-refractivity contribution in [3.63, 3.8) is 0 Å². The van der Waals surface area contributed by atoms with E-state index in [0.29, 0.717) is 13.3 Å². The van der Waals surface area contributed by atoms with Gasteiger partial charge >= 0.3 is 5.97 Å². The van der Waals surface area contributed by atoms with Gasteiger partial charge in [-0.2, -0.15) is 0 Å². The van der Waals surface area contributed by atoms with Gasteiger partial charge in [-0.3, -0.25) is 9.69 Å². The molecule has 0 saturated carbocycles.